The van der Waals surface area contributed by atoms with Crippen LogP contribution < -0.4 is 5.32 Å². The maximum absolute atomic E-state index is 12.4. The van der Waals surface area contributed by atoms with Gasteiger partial charge in [0.25, 0.3) is 5.91 Å². The van der Waals surface area contributed by atoms with E-state index in [-0.39, 0.29) is 5.91 Å². The first-order chi connectivity index (χ1) is 13.7. The lowest BCUT2D eigenvalue weighted by atomic mass is 9.96. The van der Waals surface area contributed by atoms with E-state index in [0.29, 0.717) is 18.2 Å². The summed E-state index contributed by atoms with van der Waals surface area (Å²) in [6.07, 6.45) is 4.36. The third kappa shape index (κ3) is 4.42. The number of nitrogens with zero attached hydrogens (tertiary/aromatic N) is 1. The van der Waals surface area contributed by atoms with Crippen molar-refractivity contribution in [1.82, 2.24) is 10.2 Å². The van der Waals surface area contributed by atoms with Gasteiger partial charge < -0.3 is 9.73 Å². The molecule has 1 fully saturated rings. The molecule has 1 aliphatic rings. The highest BCUT2D eigenvalue weighted by atomic mass is 32.2. The van der Waals surface area contributed by atoms with E-state index in [0.717, 1.165) is 43.4 Å². The van der Waals surface area contributed by atoms with Crippen LogP contribution in [0.2, 0.25) is 0 Å². The molecule has 0 unspecified atom stereocenters. The predicted octanol–water partition coefficient (Wildman–Crippen LogP) is 4.80. The van der Waals surface area contributed by atoms with Gasteiger partial charge in [-0.15, -0.1) is 11.8 Å². The Hall–Kier alpha value is -2.24. The average Bonchev–Trinajstić information content (AvgIpc) is 3.18. The molecule has 28 heavy (non-hydrogen) atoms. The number of hydrogen-bond donors (Lipinski definition) is 1. The van der Waals surface area contributed by atoms with Crippen molar-refractivity contribution in [2.75, 3.05) is 25.9 Å². The number of thioether (sulfide) groups is 1. The molecule has 146 valence electrons. The van der Waals surface area contributed by atoms with Gasteiger partial charge in [0.15, 0.2) is 5.76 Å². The Labute approximate surface area is 170 Å². The number of hydrogen-bond acceptors (Lipinski definition) is 4. The normalized spacial score (nSPS) is 15.8. The second kappa shape index (κ2) is 8.84. The van der Waals surface area contributed by atoms with Crippen molar-refractivity contribution < 1.29 is 9.21 Å². The molecule has 1 aliphatic heterocycles. The first kappa shape index (κ1) is 19.1. The van der Waals surface area contributed by atoms with Gasteiger partial charge in [0, 0.05) is 23.4 Å². The summed E-state index contributed by atoms with van der Waals surface area (Å²) in [5.41, 5.74) is 2.16. The summed E-state index contributed by atoms with van der Waals surface area (Å²) in [5.74, 6) is 0.806. The molecule has 1 aromatic heterocycles. The number of rotatable bonds is 6. The van der Waals surface area contributed by atoms with E-state index in [1.807, 2.05) is 42.1 Å². The van der Waals surface area contributed by atoms with E-state index in [1.165, 1.54) is 10.5 Å². The van der Waals surface area contributed by atoms with Gasteiger partial charge in [-0.2, -0.15) is 0 Å². The first-order valence-corrected chi connectivity index (χ1v) is 11.1. The molecular formula is C23H26N2O2S. The van der Waals surface area contributed by atoms with E-state index < -0.39 is 0 Å². The highest BCUT2D eigenvalue weighted by molar-refractivity contribution is 7.98. The van der Waals surface area contributed by atoms with Crippen LogP contribution in [-0.4, -0.2) is 36.7 Å². The zero-order chi connectivity index (χ0) is 19.3. The molecule has 5 heteroatoms. The summed E-state index contributed by atoms with van der Waals surface area (Å²) in [4.78, 5) is 16.3. The molecule has 2 heterocycles. The molecule has 1 saturated heterocycles. The van der Waals surface area contributed by atoms with Gasteiger partial charge in [0.05, 0.1) is 0 Å². The minimum atomic E-state index is -0.118. The molecule has 1 amide bonds. The summed E-state index contributed by atoms with van der Waals surface area (Å²) >= 11 is 1.81. The number of fused-ring (bicyclic) bond motifs is 1. The molecule has 0 aliphatic carbocycles. The van der Waals surface area contributed by atoms with Crippen molar-refractivity contribution >= 4 is 28.6 Å². The van der Waals surface area contributed by atoms with Crippen molar-refractivity contribution in [3.63, 3.8) is 0 Å². The fourth-order valence-electron chi connectivity index (χ4n) is 3.84. The second-order valence-corrected chi connectivity index (χ2v) is 8.24. The van der Waals surface area contributed by atoms with E-state index in [2.05, 4.69) is 40.7 Å². The predicted molar refractivity (Wildman–Crippen MR) is 115 cm³/mol. The number of nitrogens with one attached hydrogen (secondary N) is 1. The SMILES string of the molecule is CSc1ccccc1CN1CCC(CNC(=O)c2cc3ccccc3o2)CC1. The van der Waals surface area contributed by atoms with Crippen LogP contribution in [0.5, 0.6) is 0 Å². The third-order valence-corrected chi connectivity index (χ3v) is 6.33. The quantitative estimate of drug-likeness (QED) is 0.610. The maximum Gasteiger partial charge on any atom is 0.287 e. The minimum Gasteiger partial charge on any atom is -0.451 e. The monoisotopic (exact) mass is 394 g/mol. The smallest absolute Gasteiger partial charge is 0.287 e. The topological polar surface area (TPSA) is 45.5 Å². The standard InChI is InChI=1S/C23H26N2O2S/c1-28-22-9-5-3-7-19(22)16-25-12-10-17(11-13-25)15-24-23(26)21-14-18-6-2-4-8-20(18)27-21/h2-9,14,17H,10-13,15-16H2,1H3,(H,24,26). The minimum absolute atomic E-state index is 0.118. The first-order valence-electron chi connectivity index (χ1n) is 9.84. The van der Waals surface area contributed by atoms with Crippen LogP contribution in [-0.2, 0) is 6.54 Å². The lowest BCUT2D eigenvalue weighted by Gasteiger charge is -2.32. The van der Waals surface area contributed by atoms with E-state index >= 15 is 0 Å². The molecular weight excluding hydrogens is 368 g/mol. The lowest BCUT2D eigenvalue weighted by Crippen LogP contribution is -2.38. The van der Waals surface area contributed by atoms with Crippen LogP contribution in [0.3, 0.4) is 0 Å². The van der Waals surface area contributed by atoms with Gasteiger partial charge in [-0.05, 0) is 61.9 Å². The van der Waals surface area contributed by atoms with Crippen LogP contribution in [0, 0.1) is 5.92 Å². The molecule has 0 radical (unpaired) electrons. The summed E-state index contributed by atoms with van der Waals surface area (Å²) in [6, 6.07) is 18.2. The van der Waals surface area contributed by atoms with Gasteiger partial charge in [-0.1, -0.05) is 36.4 Å². The number of carbonyl (C=O) groups is 1. The van der Waals surface area contributed by atoms with Crippen molar-refractivity contribution in [3.8, 4) is 0 Å². The van der Waals surface area contributed by atoms with Gasteiger partial charge in [0.1, 0.15) is 5.58 Å². The van der Waals surface area contributed by atoms with Gasteiger partial charge in [-0.3, -0.25) is 9.69 Å². The molecule has 0 saturated carbocycles. The number of furan rings is 1. The largest absolute Gasteiger partial charge is 0.451 e. The Morgan fingerprint density at radius 3 is 2.68 bits per heavy atom. The number of para-hydroxylation sites is 1. The fraction of sp³-hybridized carbons (Fsp3) is 0.348. The van der Waals surface area contributed by atoms with Gasteiger partial charge in [-0.25, -0.2) is 0 Å². The molecule has 0 bridgehead atoms. The van der Waals surface area contributed by atoms with Gasteiger partial charge in [0.2, 0.25) is 0 Å². The summed E-state index contributed by atoms with van der Waals surface area (Å²) in [5, 5.41) is 4.02. The number of piperidine rings is 1. The Bertz CT molecular complexity index is 911. The maximum atomic E-state index is 12.4. The van der Waals surface area contributed by atoms with E-state index in [9.17, 15) is 4.79 Å². The van der Waals surface area contributed by atoms with Gasteiger partial charge >= 0.3 is 0 Å². The summed E-state index contributed by atoms with van der Waals surface area (Å²) in [7, 11) is 0. The zero-order valence-corrected chi connectivity index (χ0v) is 17.0. The van der Waals surface area contributed by atoms with Crippen molar-refractivity contribution in [2.24, 2.45) is 5.92 Å². The Morgan fingerprint density at radius 2 is 1.89 bits per heavy atom. The average molecular weight is 395 g/mol. The third-order valence-electron chi connectivity index (χ3n) is 5.49. The van der Waals surface area contributed by atoms with E-state index in [1.54, 1.807) is 0 Å². The molecule has 0 atom stereocenters. The Balaban J connectivity index is 1.26. The molecule has 4 rings (SSSR count). The molecule has 2 aromatic carbocycles. The fourth-order valence-corrected chi connectivity index (χ4v) is 4.45. The highest BCUT2D eigenvalue weighted by Crippen LogP contribution is 2.24. The Morgan fingerprint density at radius 1 is 1.14 bits per heavy atom. The Kier molecular flexibility index (Phi) is 6.03. The number of benzene rings is 2. The summed E-state index contributed by atoms with van der Waals surface area (Å²) in [6.45, 7) is 3.88. The van der Waals surface area contributed by atoms with Crippen molar-refractivity contribution in [1.29, 1.82) is 0 Å². The van der Waals surface area contributed by atoms with Crippen LogP contribution in [0.1, 0.15) is 29.0 Å². The number of carbonyl (C=O) groups excluding carboxylic acids is 1. The number of likely N-dealkylation sites (tertiary alicyclic amines) is 1. The molecule has 4 nitrogen and oxygen atoms in total. The summed E-state index contributed by atoms with van der Waals surface area (Å²) < 4.78 is 5.65. The number of amides is 1. The van der Waals surface area contributed by atoms with Crippen molar-refractivity contribution in [3.05, 3.63) is 65.9 Å². The molecule has 3 aromatic rings. The van der Waals surface area contributed by atoms with Crippen LogP contribution in [0.4, 0.5) is 0 Å². The van der Waals surface area contributed by atoms with Crippen LogP contribution >= 0.6 is 11.8 Å². The second-order valence-electron chi connectivity index (χ2n) is 7.39. The van der Waals surface area contributed by atoms with Crippen LogP contribution in [0.15, 0.2) is 63.9 Å². The molecule has 1 N–H and O–H groups in total. The highest BCUT2D eigenvalue weighted by Gasteiger charge is 2.21. The zero-order valence-electron chi connectivity index (χ0n) is 16.2. The van der Waals surface area contributed by atoms with Crippen LogP contribution in [0.25, 0.3) is 11.0 Å². The van der Waals surface area contributed by atoms with Crippen molar-refractivity contribution in [2.45, 2.75) is 24.3 Å². The van der Waals surface area contributed by atoms with E-state index in [4.69, 9.17) is 4.42 Å². The molecule has 0 spiro atoms. The lowest BCUT2D eigenvalue weighted by molar-refractivity contribution is 0.0909.